The van der Waals surface area contributed by atoms with Crippen molar-refractivity contribution < 1.29 is 14.8 Å². The maximum atomic E-state index is 11.1. The number of rotatable bonds is 4. The number of nitro benzene ring substituents is 1. The topological polar surface area (TPSA) is 92.5 Å². The van der Waals surface area contributed by atoms with Gasteiger partial charge in [0, 0.05) is 16.8 Å². The van der Waals surface area contributed by atoms with Gasteiger partial charge in [-0.25, -0.2) is 4.79 Å². The molecule has 2 aromatic carbocycles. The molecule has 0 aliphatic heterocycles. The maximum Gasteiger partial charge on any atom is 0.342 e. The second-order valence-electron chi connectivity index (χ2n) is 4.04. The number of nitrogens with zero attached hydrogens (tertiary/aromatic N) is 1. The highest BCUT2D eigenvalue weighted by molar-refractivity contribution is 6.35. The summed E-state index contributed by atoms with van der Waals surface area (Å²) >= 11 is 11.8. The summed E-state index contributed by atoms with van der Waals surface area (Å²) in [5.41, 5.74) is -0.0788. The van der Waals surface area contributed by atoms with Crippen LogP contribution in [0.25, 0.3) is 0 Å². The average molecular weight is 327 g/mol. The van der Waals surface area contributed by atoms with Gasteiger partial charge in [0.25, 0.3) is 5.69 Å². The summed E-state index contributed by atoms with van der Waals surface area (Å²) in [6, 6.07) is 8.42. The first kappa shape index (κ1) is 15.1. The number of carboxylic acid groups (broad SMARTS) is 1. The lowest BCUT2D eigenvalue weighted by Gasteiger charge is -2.09. The van der Waals surface area contributed by atoms with Crippen LogP contribution < -0.4 is 5.32 Å². The summed E-state index contributed by atoms with van der Waals surface area (Å²) in [6.45, 7) is 0. The van der Waals surface area contributed by atoms with Gasteiger partial charge >= 0.3 is 5.97 Å². The van der Waals surface area contributed by atoms with Gasteiger partial charge in [-0.05, 0) is 30.3 Å². The molecule has 8 heteroatoms. The van der Waals surface area contributed by atoms with Crippen molar-refractivity contribution in [1.82, 2.24) is 0 Å². The van der Waals surface area contributed by atoms with Crippen molar-refractivity contribution in [3.8, 4) is 0 Å². The first-order valence-electron chi connectivity index (χ1n) is 5.62. The fourth-order valence-corrected chi connectivity index (χ4v) is 2.03. The van der Waals surface area contributed by atoms with Crippen molar-refractivity contribution in [2.24, 2.45) is 0 Å². The van der Waals surface area contributed by atoms with Crippen LogP contribution in [0.2, 0.25) is 10.0 Å². The normalized spacial score (nSPS) is 10.2. The highest BCUT2D eigenvalue weighted by atomic mass is 35.5. The molecule has 0 aromatic heterocycles. The standard InChI is InChI=1S/C13H8Cl2N2O4/c14-7-1-3-10(15)11(5-7)16-8-2-4-12(17(20)21)9(6-8)13(18)19/h1-6,16H,(H,18,19). The summed E-state index contributed by atoms with van der Waals surface area (Å²) in [4.78, 5) is 21.1. The molecule has 2 rings (SSSR count). The molecule has 0 radical (unpaired) electrons. The van der Waals surface area contributed by atoms with Gasteiger partial charge in [0.2, 0.25) is 0 Å². The van der Waals surface area contributed by atoms with Gasteiger partial charge in [-0.2, -0.15) is 0 Å². The molecule has 2 aromatic rings. The van der Waals surface area contributed by atoms with Crippen LogP contribution in [0.5, 0.6) is 0 Å². The molecule has 0 heterocycles. The fourth-order valence-electron chi connectivity index (χ4n) is 1.69. The van der Waals surface area contributed by atoms with Crippen LogP contribution in [0.1, 0.15) is 10.4 Å². The highest BCUT2D eigenvalue weighted by Gasteiger charge is 2.20. The Hall–Kier alpha value is -2.31. The first-order valence-corrected chi connectivity index (χ1v) is 6.38. The molecule has 0 spiro atoms. The zero-order valence-corrected chi connectivity index (χ0v) is 11.9. The number of carboxylic acids is 1. The number of nitro groups is 1. The average Bonchev–Trinajstić information content (AvgIpc) is 2.42. The Morgan fingerprint density at radius 2 is 1.90 bits per heavy atom. The molecular formula is C13H8Cl2N2O4. The second-order valence-corrected chi connectivity index (χ2v) is 4.89. The van der Waals surface area contributed by atoms with Crippen molar-refractivity contribution in [2.75, 3.05) is 5.32 Å². The molecule has 0 aliphatic rings. The molecule has 21 heavy (non-hydrogen) atoms. The largest absolute Gasteiger partial charge is 0.477 e. The smallest absolute Gasteiger partial charge is 0.342 e. The van der Waals surface area contributed by atoms with E-state index in [4.69, 9.17) is 28.3 Å². The SMILES string of the molecule is O=C(O)c1cc(Nc2cc(Cl)ccc2Cl)ccc1[N+](=O)[O-]. The number of nitrogens with one attached hydrogen (secondary N) is 1. The first-order chi connectivity index (χ1) is 9.88. The summed E-state index contributed by atoms with van der Waals surface area (Å²) in [6.07, 6.45) is 0. The van der Waals surface area contributed by atoms with Gasteiger partial charge in [0.15, 0.2) is 0 Å². The summed E-state index contributed by atoms with van der Waals surface area (Å²) < 4.78 is 0. The zero-order chi connectivity index (χ0) is 15.6. The Labute approximate surface area is 129 Å². The number of carbonyl (C=O) groups is 1. The third-order valence-electron chi connectivity index (χ3n) is 2.63. The minimum atomic E-state index is -1.39. The van der Waals surface area contributed by atoms with E-state index in [1.165, 1.54) is 6.07 Å². The van der Waals surface area contributed by atoms with E-state index >= 15 is 0 Å². The van der Waals surface area contributed by atoms with E-state index < -0.39 is 22.1 Å². The molecule has 0 aliphatic carbocycles. The van der Waals surface area contributed by atoms with E-state index in [1.54, 1.807) is 18.2 Å². The number of aromatic carboxylic acids is 1. The molecule has 0 unspecified atom stereocenters. The van der Waals surface area contributed by atoms with Gasteiger partial charge in [-0.3, -0.25) is 10.1 Å². The van der Waals surface area contributed by atoms with Gasteiger partial charge in [0.1, 0.15) is 5.56 Å². The van der Waals surface area contributed by atoms with E-state index in [0.717, 1.165) is 12.1 Å². The molecule has 0 atom stereocenters. The van der Waals surface area contributed by atoms with Crippen molar-refractivity contribution >= 4 is 46.2 Å². The van der Waals surface area contributed by atoms with Crippen LogP contribution in [0.3, 0.4) is 0 Å². The monoisotopic (exact) mass is 326 g/mol. The van der Waals surface area contributed by atoms with Crippen LogP contribution in [0.4, 0.5) is 17.1 Å². The third-order valence-corrected chi connectivity index (χ3v) is 3.20. The summed E-state index contributed by atoms with van der Waals surface area (Å²) in [5.74, 6) is -1.39. The Kier molecular flexibility index (Phi) is 4.30. The van der Waals surface area contributed by atoms with Crippen LogP contribution >= 0.6 is 23.2 Å². The van der Waals surface area contributed by atoms with Gasteiger partial charge in [-0.15, -0.1) is 0 Å². The lowest BCUT2D eigenvalue weighted by Crippen LogP contribution is -2.03. The molecule has 2 N–H and O–H groups in total. The number of hydrogen-bond donors (Lipinski definition) is 2. The fraction of sp³-hybridized carbons (Fsp3) is 0. The lowest BCUT2D eigenvalue weighted by molar-refractivity contribution is -0.385. The van der Waals surface area contributed by atoms with Crippen molar-refractivity contribution in [1.29, 1.82) is 0 Å². The van der Waals surface area contributed by atoms with Crippen LogP contribution in [0, 0.1) is 10.1 Å². The molecule has 0 amide bonds. The lowest BCUT2D eigenvalue weighted by atomic mass is 10.1. The van der Waals surface area contributed by atoms with E-state index in [-0.39, 0.29) is 0 Å². The van der Waals surface area contributed by atoms with Crippen molar-refractivity contribution in [3.63, 3.8) is 0 Å². The van der Waals surface area contributed by atoms with Crippen LogP contribution in [-0.4, -0.2) is 16.0 Å². The minimum absolute atomic E-state index is 0.349. The van der Waals surface area contributed by atoms with E-state index in [9.17, 15) is 14.9 Å². The Morgan fingerprint density at radius 1 is 1.19 bits per heavy atom. The Balaban J connectivity index is 2.41. The zero-order valence-electron chi connectivity index (χ0n) is 10.3. The molecule has 0 fully saturated rings. The molecule has 0 saturated heterocycles. The molecule has 0 saturated carbocycles. The van der Waals surface area contributed by atoms with Crippen LogP contribution in [0.15, 0.2) is 36.4 Å². The predicted octanol–water partition coefficient (Wildman–Crippen LogP) is 4.34. The molecular weight excluding hydrogens is 319 g/mol. The molecule has 0 bridgehead atoms. The molecule has 6 nitrogen and oxygen atoms in total. The summed E-state index contributed by atoms with van der Waals surface area (Å²) in [7, 11) is 0. The Morgan fingerprint density at radius 3 is 2.52 bits per heavy atom. The number of halogens is 2. The van der Waals surface area contributed by atoms with E-state index in [1.807, 2.05) is 0 Å². The minimum Gasteiger partial charge on any atom is -0.477 e. The number of benzene rings is 2. The highest BCUT2D eigenvalue weighted by Crippen LogP contribution is 2.30. The van der Waals surface area contributed by atoms with Crippen molar-refractivity contribution in [3.05, 3.63) is 62.1 Å². The Bertz CT molecular complexity index is 734. The van der Waals surface area contributed by atoms with Gasteiger partial charge in [-0.1, -0.05) is 23.2 Å². The van der Waals surface area contributed by atoms with Gasteiger partial charge in [0.05, 0.1) is 15.6 Å². The number of anilines is 2. The molecule has 108 valence electrons. The number of hydrogen-bond acceptors (Lipinski definition) is 4. The summed E-state index contributed by atoms with van der Waals surface area (Å²) in [5, 5.41) is 23.5. The van der Waals surface area contributed by atoms with Crippen LogP contribution in [-0.2, 0) is 0 Å². The van der Waals surface area contributed by atoms with E-state index in [2.05, 4.69) is 5.32 Å². The van der Waals surface area contributed by atoms with Gasteiger partial charge < -0.3 is 10.4 Å². The van der Waals surface area contributed by atoms with E-state index in [0.29, 0.717) is 21.4 Å². The quantitative estimate of drug-likeness (QED) is 0.643. The van der Waals surface area contributed by atoms with Crippen molar-refractivity contribution in [2.45, 2.75) is 0 Å². The predicted molar refractivity (Wildman–Crippen MR) is 79.8 cm³/mol. The maximum absolute atomic E-state index is 11.1. The second kappa shape index (κ2) is 5.99. The third kappa shape index (κ3) is 3.42.